The molecule has 1 heterocycles. The highest BCUT2D eigenvalue weighted by molar-refractivity contribution is 7.98. The molecular formula is C14H14N2O4S. The molecule has 0 radical (unpaired) electrons. The Labute approximate surface area is 125 Å². The lowest BCUT2D eigenvalue weighted by atomic mass is 9.99. The number of benzene rings is 1. The standard InChI is InChI=1S/C14H14N2O4S/c1-7-4-5-8(13(19)20-2)6-9(7)10-11(17)15-14(21-3)16-12(10)18/h4-6H,1-3H3,(H2,15,16,17,18). The fraction of sp³-hybridized carbons (Fsp3) is 0.214. The average molecular weight is 306 g/mol. The quantitative estimate of drug-likeness (QED) is 0.511. The van der Waals surface area contributed by atoms with E-state index in [9.17, 15) is 14.7 Å². The first-order valence-electron chi connectivity index (χ1n) is 6.04. The fourth-order valence-corrected chi connectivity index (χ4v) is 2.29. The van der Waals surface area contributed by atoms with E-state index < -0.39 is 11.5 Å². The summed E-state index contributed by atoms with van der Waals surface area (Å²) in [5.74, 6) is -0.880. The maximum atomic E-state index is 12.1. The summed E-state index contributed by atoms with van der Waals surface area (Å²) < 4.78 is 4.66. The summed E-state index contributed by atoms with van der Waals surface area (Å²) in [6.07, 6.45) is 1.74. The van der Waals surface area contributed by atoms with Crippen molar-refractivity contribution in [2.24, 2.45) is 0 Å². The zero-order valence-corrected chi connectivity index (χ0v) is 12.6. The van der Waals surface area contributed by atoms with Crippen molar-refractivity contribution in [2.45, 2.75) is 12.1 Å². The summed E-state index contributed by atoms with van der Waals surface area (Å²) in [7, 11) is 1.28. The molecule has 0 aliphatic carbocycles. The van der Waals surface area contributed by atoms with E-state index in [-0.39, 0.29) is 11.4 Å². The van der Waals surface area contributed by atoms with Crippen LogP contribution >= 0.6 is 11.8 Å². The number of aromatic nitrogens is 2. The average Bonchev–Trinajstić information content (AvgIpc) is 2.47. The van der Waals surface area contributed by atoms with Crippen LogP contribution in [0.25, 0.3) is 11.1 Å². The van der Waals surface area contributed by atoms with Crippen LogP contribution in [0.3, 0.4) is 0 Å². The molecule has 1 aromatic heterocycles. The van der Waals surface area contributed by atoms with Crippen LogP contribution in [-0.2, 0) is 4.74 Å². The second-order valence-corrected chi connectivity index (χ2v) is 5.09. The van der Waals surface area contributed by atoms with Gasteiger partial charge in [-0.3, -0.25) is 4.79 Å². The van der Waals surface area contributed by atoms with Crippen molar-refractivity contribution in [3.63, 3.8) is 0 Å². The van der Waals surface area contributed by atoms with Crippen LogP contribution in [0, 0.1) is 6.92 Å². The highest BCUT2D eigenvalue weighted by Gasteiger charge is 2.17. The minimum absolute atomic E-state index is 0.0380. The molecule has 1 aromatic carbocycles. The lowest BCUT2D eigenvalue weighted by Gasteiger charge is -2.09. The van der Waals surface area contributed by atoms with Gasteiger partial charge in [0.15, 0.2) is 5.16 Å². The van der Waals surface area contributed by atoms with E-state index >= 15 is 0 Å². The smallest absolute Gasteiger partial charge is 0.337 e. The van der Waals surface area contributed by atoms with E-state index in [2.05, 4.69) is 14.7 Å². The van der Waals surface area contributed by atoms with Gasteiger partial charge in [0.2, 0.25) is 5.88 Å². The lowest BCUT2D eigenvalue weighted by Crippen LogP contribution is -2.13. The molecule has 0 saturated heterocycles. The predicted molar refractivity (Wildman–Crippen MR) is 79.8 cm³/mol. The molecule has 0 unspecified atom stereocenters. The normalized spacial score (nSPS) is 10.4. The maximum absolute atomic E-state index is 12.1. The maximum Gasteiger partial charge on any atom is 0.337 e. The molecule has 6 nitrogen and oxygen atoms in total. The molecule has 0 saturated carbocycles. The monoisotopic (exact) mass is 306 g/mol. The third-order valence-electron chi connectivity index (χ3n) is 3.00. The molecule has 2 N–H and O–H groups in total. The lowest BCUT2D eigenvalue weighted by molar-refractivity contribution is 0.0601. The number of hydrogen-bond acceptors (Lipinski definition) is 6. The Bertz CT molecular complexity index is 755. The van der Waals surface area contributed by atoms with Crippen LogP contribution in [0.5, 0.6) is 5.88 Å². The Morgan fingerprint density at radius 3 is 2.71 bits per heavy atom. The van der Waals surface area contributed by atoms with E-state index in [0.29, 0.717) is 16.3 Å². The number of H-pyrrole nitrogens is 1. The summed E-state index contributed by atoms with van der Waals surface area (Å²) >= 11 is 1.22. The number of carbonyl (C=O) groups is 1. The zero-order valence-electron chi connectivity index (χ0n) is 11.8. The Kier molecular flexibility index (Phi) is 4.32. The Balaban J connectivity index is 2.67. The highest BCUT2D eigenvalue weighted by Crippen LogP contribution is 2.28. The molecular weight excluding hydrogens is 292 g/mol. The van der Waals surface area contributed by atoms with Gasteiger partial charge in [-0.25, -0.2) is 4.79 Å². The van der Waals surface area contributed by atoms with Gasteiger partial charge in [0.25, 0.3) is 5.56 Å². The summed E-state index contributed by atoms with van der Waals surface area (Å²) in [5, 5.41) is 10.3. The number of methoxy groups -OCH3 is 1. The molecule has 0 spiro atoms. The number of esters is 1. The Hall–Kier alpha value is -2.28. The topological polar surface area (TPSA) is 92.3 Å². The van der Waals surface area contributed by atoms with Crippen LogP contribution in [0.1, 0.15) is 15.9 Å². The number of aromatic amines is 1. The first kappa shape index (κ1) is 15.1. The van der Waals surface area contributed by atoms with Crippen molar-refractivity contribution in [2.75, 3.05) is 13.4 Å². The number of thioether (sulfide) groups is 1. The van der Waals surface area contributed by atoms with Crippen LogP contribution in [0.15, 0.2) is 28.2 Å². The van der Waals surface area contributed by atoms with E-state index in [4.69, 9.17) is 0 Å². The summed E-state index contributed by atoms with van der Waals surface area (Å²) in [5.41, 5.74) is 1.05. The molecule has 0 bridgehead atoms. The van der Waals surface area contributed by atoms with Gasteiger partial charge in [0.1, 0.15) is 5.56 Å². The van der Waals surface area contributed by atoms with E-state index in [0.717, 1.165) is 5.56 Å². The number of carbonyl (C=O) groups excluding carboxylic acids is 1. The second kappa shape index (κ2) is 6.01. The third-order valence-corrected chi connectivity index (χ3v) is 3.58. The van der Waals surface area contributed by atoms with Gasteiger partial charge in [0, 0.05) is 0 Å². The van der Waals surface area contributed by atoms with Crippen molar-refractivity contribution >= 4 is 17.7 Å². The Morgan fingerprint density at radius 1 is 1.43 bits per heavy atom. The molecule has 2 aromatic rings. The van der Waals surface area contributed by atoms with Crippen molar-refractivity contribution < 1.29 is 14.6 Å². The van der Waals surface area contributed by atoms with Crippen molar-refractivity contribution in [1.82, 2.24) is 9.97 Å². The number of nitrogens with zero attached hydrogens (tertiary/aromatic N) is 1. The van der Waals surface area contributed by atoms with E-state index in [1.807, 2.05) is 0 Å². The largest absolute Gasteiger partial charge is 0.493 e. The SMILES string of the molecule is COC(=O)c1ccc(C)c(-c2c(O)nc(SC)[nH]c2=O)c1. The fourth-order valence-electron chi connectivity index (χ4n) is 1.92. The minimum atomic E-state index is -0.513. The number of aryl methyl sites for hydroxylation is 1. The van der Waals surface area contributed by atoms with Gasteiger partial charge in [-0.15, -0.1) is 0 Å². The summed E-state index contributed by atoms with van der Waals surface area (Å²) in [6.45, 7) is 1.78. The summed E-state index contributed by atoms with van der Waals surface area (Å²) in [4.78, 5) is 30.2. The molecule has 0 aliphatic rings. The molecule has 21 heavy (non-hydrogen) atoms. The first-order valence-corrected chi connectivity index (χ1v) is 7.27. The van der Waals surface area contributed by atoms with E-state index in [1.165, 1.54) is 24.9 Å². The molecule has 2 rings (SSSR count). The number of hydrogen-bond donors (Lipinski definition) is 2. The van der Waals surface area contributed by atoms with Crippen LogP contribution in [-0.4, -0.2) is 34.4 Å². The molecule has 0 amide bonds. The molecule has 0 atom stereocenters. The molecule has 0 fully saturated rings. The number of aromatic hydroxyl groups is 1. The van der Waals surface area contributed by atoms with Gasteiger partial charge in [-0.1, -0.05) is 17.8 Å². The van der Waals surface area contributed by atoms with Gasteiger partial charge < -0.3 is 14.8 Å². The van der Waals surface area contributed by atoms with Gasteiger partial charge in [0.05, 0.1) is 12.7 Å². The first-order chi connectivity index (χ1) is 9.97. The molecule has 7 heteroatoms. The van der Waals surface area contributed by atoms with Crippen LogP contribution < -0.4 is 5.56 Å². The minimum Gasteiger partial charge on any atom is -0.493 e. The van der Waals surface area contributed by atoms with Crippen LogP contribution in [0.2, 0.25) is 0 Å². The molecule has 0 aliphatic heterocycles. The second-order valence-electron chi connectivity index (χ2n) is 4.30. The number of nitrogens with one attached hydrogen (secondary N) is 1. The zero-order chi connectivity index (χ0) is 15.6. The van der Waals surface area contributed by atoms with E-state index in [1.54, 1.807) is 25.3 Å². The number of ether oxygens (including phenoxy) is 1. The van der Waals surface area contributed by atoms with Gasteiger partial charge in [-0.05, 0) is 36.4 Å². The van der Waals surface area contributed by atoms with Gasteiger partial charge in [-0.2, -0.15) is 4.98 Å². The molecule has 110 valence electrons. The number of rotatable bonds is 3. The van der Waals surface area contributed by atoms with Gasteiger partial charge >= 0.3 is 5.97 Å². The van der Waals surface area contributed by atoms with Crippen molar-refractivity contribution in [3.8, 4) is 17.0 Å². The van der Waals surface area contributed by atoms with Crippen molar-refractivity contribution in [1.29, 1.82) is 0 Å². The predicted octanol–water partition coefficient (Wildman–Crippen LogP) is 1.96. The van der Waals surface area contributed by atoms with Crippen molar-refractivity contribution in [3.05, 3.63) is 39.7 Å². The third kappa shape index (κ3) is 2.92. The Morgan fingerprint density at radius 2 is 2.14 bits per heavy atom. The summed E-state index contributed by atoms with van der Waals surface area (Å²) in [6, 6.07) is 4.79. The van der Waals surface area contributed by atoms with Crippen LogP contribution in [0.4, 0.5) is 0 Å². The highest BCUT2D eigenvalue weighted by atomic mass is 32.2.